The van der Waals surface area contributed by atoms with Crippen molar-refractivity contribution in [2.24, 2.45) is 0 Å². The maximum Gasteiger partial charge on any atom is 0.0484 e. The quantitative estimate of drug-likeness (QED) is 0.643. The summed E-state index contributed by atoms with van der Waals surface area (Å²) < 4.78 is 1.11. The van der Waals surface area contributed by atoms with Crippen molar-refractivity contribution >= 4 is 33.2 Å². The SMILES string of the molecule is Cc1ccc(NCCCCl)c(Br)c1. The molecule has 0 aliphatic carbocycles. The highest BCUT2D eigenvalue weighted by atomic mass is 79.9. The van der Waals surface area contributed by atoms with Crippen molar-refractivity contribution in [1.82, 2.24) is 0 Å². The molecular formula is C10H13BrClN. The van der Waals surface area contributed by atoms with Gasteiger partial charge in [-0.1, -0.05) is 6.07 Å². The fourth-order valence-electron chi connectivity index (χ4n) is 1.05. The van der Waals surface area contributed by atoms with Crippen LogP contribution in [0.15, 0.2) is 22.7 Å². The van der Waals surface area contributed by atoms with Crippen molar-refractivity contribution in [3.63, 3.8) is 0 Å². The molecule has 1 nitrogen and oxygen atoms in total. The molecule has 0 unspecified atom stereocenters. The number of alkyl halides is 1. The van der Waals surface area contributed by atoms with E-state index >= 15 is 0 Å². The number of hydrogen-bond acceptors (Lipinski definition) is 1. The smallest absolute Gasteiger partial charge is 0.0484 e. The third kappa shape index (κ3) is 3.57. The summed E-state index contributed by atoms with van der Waals surface area (Å²) in [6, 6.07) is 6.27. The number of hydrogen-bond donors (Lipinski definition) is 1. The monoisotopic (exact) mass is 261 g/mol. The van der Waals surface area contributed by atoms with Crippen LogP contribution in [0.5, 0.6) is 0 Å². The zero-order valence-electron chi connectivity index (χ0n) is 7.61. The van der Waals surface area contributed by atoms with Crippen molar-refractivity contribution in [2.45, 2.75) is 13.3 Å². The fraction of sp³-hybridized carbons (Fsp3) is 0.400. The Morgan fingerprint density at radius 1 is 1.46 bits per heavy atom. The van der Waals surface area contributed by atoms with Crippen LogP contribution in [-0.2, 0) is 0 Å². The van der Waals surface area contributed by atoms with E-state index in [1.165, 1.54) is 5.56 Å². The van der Waals surface area contributed by atoms with Gasteiger partial charge in [0.15, 0.2) is 0 Å². The van der Waals surface area contributed by atoms with Gasteiger partial charge in [0.1, 0.15) is 0 Å². The summed E-state index contributed by atoms with van der Waals surface area (Å²) in [5, 5.41) is 3.31. The van der Waals surface area contributed by atoms with Crippen LogP contribution in [-0.4, -0.2) is 12.4 Å². The normalized spacial score (nSPS) is 10.1. The van der Waals surface area contributed by atoms with E-state index in [0.717, 1.165) is 23.1 Å². The molecule has 0 heterocycles. The van der Waals surface area contributed by atoms with Crippen LogP contribution in [0.2, 0.25) is 0 Å². The van der Waals surface area contributed by atoms with E-state index in [9.17, 15) is 0 Å². The topological polar surface area (TPSA) is 12.0 Å². The van der Waals surface area contributed by atoms with Crippen LogP contribution < -0.4 is 5.32 Å². The van der Waals surface area contributed by atoms with Gasteiger partial charge in [0.2, 0.25) is 0 Å². The number of aryl methyl sites for hydroxylation is 1. The molecule has 0 atom stereocenters. The molecule has 0 radical (unpaired) electrons. The van der Waals surface area contributed by atoms with Gasteiger partial charge in [0, 0.05) is 22.6 Å². The molecular weight excluding hydrogens is 249 g/mol. The lowest BCUT2D eigenvalue weighted by Crippen LogP contribution is -2.02. The summed E-state index contributed by atoms with van der Waals surface area (Å²) in [6.07, 6.45) is 0.988. The second kappa shape index (κ2) is 5.51. The summed E-state index contributed by atoms with van der Waals surface area (Å²) in [5.74, 6) is 0.705. The van der Waals surface area contributed by atoms with Crippen LogP contribution >= 0.6 is 27.5 Å². The molecule has 3 heteroatoms. The van der Waals surface area contributed by atoms with Crippen molar-refractivity contribution in [1.29, 1.82) is 0 Å². The molecule has 72 valence electrons. The molecule has 0 bridgehead atoms. The van der Waals surface area contributed by atoms with Gasteiger partial charge in [-0.3, -0.25) is 0 Å². The molecule has 0 saturated heterocycles. The molecule has 0 aliphatic heterocycles. The van der Waals surface area contributed by atoms with Crippen molar-refractivity contribution in [2.75, 3.05) is 17.7 Å². The van der Waals surface area contributed by atoms with E-state index in [0.29, 0.717) is 5.88 Å². The predicted octanol–water partition coefficient (Wildman–Crippen LogP) is 3.80. The Morgan fingerprint density at radius 2 is 2.23 bits per heavy atom. The number of halogens is 2. The van der Waals surface area contributed by atoms with Crippen LogP contribution in [0, 0.1) is 6.92 Å². The molecule has 0 fully saturated rings. The molecule has 0 amide bonds. The highest BCUT2D eigenvalue weighted by Gasteiger charge is 1.97. The van der Waals surface area contributed by atoms with E-state index in [-0.39, 0.29) is 0 Å². The maximum absolute atomic E-state index is 5.58. The molecule has 1 rings (SSSR count). The fourth-order valence-corrected chi connectivity index (χ4v) is 1.82. The summed E-state index contributed by atoms with van der Waals surface area (Å²) in [4.78, 5) is 0. The lowest BCUT2D eigenvalue weighted by atomic mass is 10.2. The lowest BCUT2D eigenvalue weighted by molar-refractivity contribution is 0.986. The Bertz CT molecular complexity index is 276. The molecule has 0 spiro atoms. The molecule has 1 aromatic rings. The van der Waals surface area contributed by atoms with E-state index in [1.54, 1.807) is 0 Å². The Kier molecular flexibility index (Phi) is 4.60. The summed E-state index contributed by atoms with van der Waals surface area (Å²) in [5.41, 5.74) is 2.39. The number of nitrogens with one attached hydrogen (secondary N) is 1. The second-order valence-corrected chi connectivity index (χ2v) is 4.18. The van der Waals surface area contributed by atoms with Crippen molar-refractivity contribution in [3.05, 3.63) is 28.2 Å². The minimum Gasteiger partial charge on any atom is -0.384 e. The molecule has 0 aromatic heterocycles. The first-order chi connectivity index (χ1) is 6.24. The average molecular weight is 263 g/mol. The molecule has 0 aliphatic rings. The zero-order valence-corrected chi connectivity index (χ0v) is 9.95. The maximum atomic E-state index is 5.58. The third-order valence-corrected chi connectivity index (χ3v) is 2.67. The second-order valence-electron chi connectivity index (χ2n) is 2.95. The molecule has 0 saturated carbocycles. The number of anilines is 1. The standard InChI is InChI=1S/C10H13BrClN/c1-8-3-4-10(9(11)7-8)13-6-2-5-12/h3-4,7,13H,2,5-6H2,1H3. The largest absolute Gasteiger partial charge is 0.384 e. The Labute approximate surface area is 92.6 Å². The molecule has 1 aromatic carbocycles. The van der Waals surface area contributed by atoms with E-state index in [2.05, 4.69) is 46.4 Å². The molecule has 1 N–H and O–H groups in total. The number of rotatable bonds is 4. The minimum absolute atomic E-state index is 0.705. The van der Waals surface area contributed by atoms with Gasteiger partial charge < -0.3 is 5.32 Å². The van der Waals surface area contributed by atoms with E-state index in [4.69, 9.17) is 11.6 Å². The van der Waals surface area contributed by atoms with Gasteiger partial charge in [-0.25, -0.2) is 0 Å². The number of benzene rings is 1. The van der Waals surface area contributed by atoms with E-state index in [1.807, 2.05) is 0 Å². The van der Waals surface area contributed by atoms with Gasteiger partial charge in [0.25, 0.3) is 0 Å². The van der Waals surface area contributed by atoms with Crippen LogP contribution in [0.3, 0.4) is 0 Å². The van der Waals surface area contributed by atoms with Crippen LogP contribution in [0.1, 0.15) is 12.0 Å². The highest BCUT2D eigenvalue weighted by molar-refractivity contribution is 9.10. The average Bonchev–Trinajstić information content (AvgIpc) is 2.09. The first-order valence-corrected chi connectivity index (χ1v) is 5.63. The summed E-state index contributed by atoms with van der Waals surface area (Å²) in [7, 11) is 0. The Morgan fingerprint density at radius 3 is 2.85 bits per heavy atom. The van der Waals surface area contributed by atoms with Gasteiger partial charge in [0.05, 0.1) is 0 Å². The van der Waals surface area contributed by atoms with Gasteiger partial charge >= 0.3 is 0 Å². The Balaban J connectivity index is 2.56. The van der Waals surface area contributed by atoms with Gasteiger partial charge in [-0.05, 0) is 47.0 Å². The first-order valence-electron chi connectivity index (χ1n) is 4.30. The van der Waals surface area contributed by atoms with Crippen molar-refractivity contribution in [3.8, 4) is 0 Å². The van der Waals surface area contributed by atoms with Crippen LogP contribution in [0.25, 0.3) is 0 Å². The Hall–Kier alpha value is -0.210. The van der Waals surface area contributed by atoms with Crippen molar-refractivity contribution < 1.29 is 0 Å². The summed E-state index contributed by atoms with van der Waals surface area (Å²) >= 11 is 9.08. The lowest BCUT2D eigenvalue weighted by Gasteiger charge is -2.07. The zero-order chi connectivity index (χ0) is 9.68. The third-order valence-electron chi connectivity index (χ3n) is 1.75. The van der Waals surface area contributed by atoms with E-state index < -0.39 is 0 Å². The predicted molar refractivity (Wildman–Crippen MR) is 62.7 cm³/mol. The highest BCUT2D eigenvalue weighted by Crippen LogP contribution is 2.23. The molecule has 13 heavy (non-hydrogen) atoms. The first kappa shape index (κ1) is 10.9. The summed E-state index contributed by atoms with van der Waals surface area (Å²) in [6.45, 7) is 3.00. The van der Waals surface area contributed by atoms with Gasteiger partial charge in [-0.2, -0.15) is 0 Å². The minimum atomic E-state index is 0.705. The van der Waals surface area contributed by atoms with Crippen LogP contribution in [0.4, 0.5) is 5.69 Å². The van der Waals surface area contributed by atoms with Gasteiger partial charge in [-0.15, -0.1) is 11.6 Å².